The molecule has 0 bridgehead atoms. The lowest BCUT2D eigenvalue weighted by molar-refractivity contribution is 0.0243. The highest BCUT2D eigenvalue weighted by atomic mass is 32.2. The first-order valence-electron chi connectivity index (χ1n) is 10.7. The van der Waals surface area contributed by atoms with E-state index in [1.807, 2.05) is 19.1 Å². The number of aliphatic imine (C=N–C) groups is 1. The van der Waals surface area contributed by atoms with Gasteiger partial charge >= 0.3 is 0 Å². The fourth-order valence-electron chi connectivity index (χ4n) is 3.78. The highest BCUT2D eigenvalue weighted by Gasteiger charge is 2.29. The largest absolute Gasteiger partial charge is 0.373 e. The van der Waals surface area contributed by atoms with Gasteiger partial charge < -0.3 is 15.4 Å². The molecule has 2 aliphatic heterocycles. The van der Waals surface area contributed by atoms with Crippen LogP contribution in [0.2, 0.25) is 0 Å². The van der Waals surface area contributed by atoms with Crippen molar-refractivity contribution in [2.75, 3.05) is 32.8 Å². The monoisotopic (exact) mass is 422 g/mol. The van der Waals surface area contributed by atoms with Crippen LogP contribution in [0.15, 0.2) is 34.2 Å². The second-order valence-corrected chi connectivity index (χ2v) is 10.00. The zero-order valence-electron chi connectivity index (χ0n) is 17.6. The quantitative estimate of drug-likeness (QED) is 0.521. The molecule has 7 nitrogen and oxygen atoms in total. The van der Waals surface area contributed by atoms with Crippen molar-refractivity contribution in [2.45, 2.75) is 63.0 Å². The van der Waals surface area contributed by atoms with Crippen LogP contribution >= 0.6 is 0 Å². The summed E-state index contributed by atoms with van der Waals surface area (Å²) in [6.45, 7) is 8.19. The molecule has 2 aliphatic rings. The molecule has 0 saturated carbocycles. The molecule has 29 heavy (non-hydrogen) atoms. The van der Waals surface area contributed by atoms with Crippen LogP contribution < -0.4 is 10.6 Å². The fraction of sp³-hybridized carbons (Fsp3) is 0.667. The number of nitrogens with one attached hydrogen (secondary N) is 2. The maximum Gasteiger partial charge on any atom is 0.243 e. The first-order valence-corrected chi connectivity index (χ1v) is 12.1. The van der Waals surface area contributed by atoms with E-state index in [9.17, 15) is 8.42 Å². The van der Waals surface area contributed by atoms with E-state index >= 15 is 0 Å². The average Bonchev–Trinajstić information content (AvgIpc) is 3.18. The number of hydrogen-bond acceptors (Lipinski definition) is 4. The van der Waals surface area contributed by atoms with E-state index in [1.165, 1.54) is 0 Å². The Morgan fingerprint density at radius 2 is 1.86 bits per heavy atom. The Bertz CT molecular complexity index is 781. The molecule has 0 aliphatic carbocycles. The van der Waals surface area contributed by atoms with Gasteiger partial charge in [-0.2, -0.15) is 4.31 Å². The van der Waals surface area contributed by atoms with Crippen molar-refractivity contribution >= 4 is 16.0 Å². The Labute approximate surface area is 175 Å². The zero-order chi connectivity index (χ0) is 20.7. The summed E-state index contributed by atoms with van der Waals surface area (Å²) in [7, 11) is -3.38. The van der Waals surface area contributed by atoms with Gasteiger partial charge in [0.1, 0.15) is 0 Å². The van der Waals surface area contributed by atoms with Gasteiger partial charge in [0, 0.05) is 32.8 Å². The standard InChI is InChI=1S/C21H34N4O3S/c1-3-22-20(24-17-21(2)12-7-15-28-21)23-16-18-8-10-19(11-9-18)29(26,27)25-13-5-4-6-14-25/h8-11H,3-7,12-17H2,1-2H3,(H2,22,23,24). The van der Waals surface area contributed by atoms with Crippen molar-refractivity contribution < 1.29 is 13.2 Å². The van der Waals surface area contributed by atoms with Crippen molar-refractivity contribution in [1.29, 1.82) is 0 Å². The van der Waals surface area contributed by atoms with Gasteiger partial charge in [0.15, 0.2) is 5.96 Å². The maximum atomic E-state index is 12.8. The number of guanidine groups is 1. The Kier molecular flexibility index (Phi) is 7.54. The molecule has 162 valence electrons. The minimum Gasteiger partial charge on any atom is -0.373 e. The second kappa shape index (κ2) is 9.91. The molecule has 0 spiro atoms. The minimum atomic E-state index is -3.38. The van der Waals surface area contributed by atoms with E-state index < -0.39 is 10.0 Å². The topological polar surface area (TPSA) is 83.0 Å². The fourth-order valence-corrected chi connectivity index (χ4v) is 5.30. The molecule has 1 unspecified atom stereocenters. The number of ether oxygens (including phenoxy) is 1. The molecule has 3 rings (SSSR count). The first-order chi connectivity index (χ1) is 13.9. The normalized spacial score (nSPS) is 23.9. The van der Waals surface area contributed by atoms with Gasteiger partial charge in [-0.15, -0.1) is 0 Å². The number of nitrogens with zero attached hydrogens (tertiary/aromatic N) is 2. The Morgan fingerprint density at radius 3 is 2.48 bits per heavy atom. The lowest BCUT2D eigenvalue weighted by atomic mass is 10.0. The molecule has 8 heteroatoms. The van der Waals surface area contributed by atoms with Crippen molar-refractivity contribution in [2.24, 2.45) is 4.99 Å². The molecule has 0 amide bonds. The van der Waals surface area contributed by atoms with Gasteiger partial charge in [0.05, 0.1) is 17.0 Å². The number of hydrogen-bond donors (Lipinski definition) is 2. The van der Waals surface area contributed by atoms with Gasteiger partial charge in [-0.05, 0) is 57.2 Å². The highest BCUT2D eigenvalue weighted by Crippen LogP contribution is 2.24. The average molecular weight is 423 g/mol. The SMILES string of the molecule is CCNC(=NCc1ccc(S(=O)(=O)N2CCCCC2)cc1)NCC1(C)CCCO1. The molecule has 0 aromatic heterocycles. The molecular formula is C21H34N4O3S. The van der Waals surface area contributed by atoms with Gasteiger partial charge in [0.2, 0.25) is 10.0 Å². The summed E-state index contributed by atoms with van der Waals surface area (Å²) in [5.74, 6) is 0.745. The first kappa shape index (κ1) is 22.1. The molecule has 2 N–H and O–H groups in total. The smallest absolute Gasteiger partial charge is 0.243 e. The van der Waals surface area contributed by atoms with Gasteiger partial charge in [-0.3, -0.25) is 0 Å². The maximum absolute atomic E-state index is 12.8. The van der Waals surface area contributed by atoms with E-state index in [0.29, 0.717) is 31.1 Å². The molecule has 0 radical (unpaired) electrons. The summed E-state index contributed by atoms with van der Waals surface area (Å²) >= 11 is 0. The number of rotatable bonds is 7. The van der Waals surface area contributed by atoms with E-state index in [0.717, 1.165) is 56.8 Å². The lowest BCUT2D eigenvalue weighted by Crippen LogP contribution is -2.45. The van der Waals surface area contributed by atoms with Crippen LogP contribution in [0.1, 0.15) is 51.5 Å². The van der Waals surface area contributed by atoms with Crippen molar-refractivity contribution in [3.63, 3.8) is 0 Å². The van der Waals surface area contributed by atoms with E-state index in [2.05, 4.69) is 22.5 Å². The van der Waals surface area contributed by atoms with E-state index in [1.54, 1.807) is 16.4 Å². The third-order valence-corrected chi connectivity index (χ3v) is 7.48. The summed E-state index contributed by atoms with van der Waals surface area (Å²) in [5, 5.41) is 6.62. The predicted molar refractivity (Wildman–Crippen MR) is 115 cm³/mol. The summed E-state index contributed by atoms with van der Waals surface area (Å²) < 4.78 is 32.9. The summed E-state index contributed by atoms with van der Waals surface area (Å²) in [6.07, 6.45) is 5.13. The Hall–Kier alpha value is -1.64. The molecule has 1 aromatic carbocycles. The third kappa shape index (κ3) is 5.93. The Morgan fingerprint density at radius 1 is 1.14 bits per heavy atom. The lowest BCUT2D eigenvalue weighted by Gasteiger charge is -2.25. The summed E-state index contributed by atoms with van der Waals surface area (Å²) in [4.78, 5) is 5.00. The van der Waals surface area contributed by atoms with Crippen molar-refractivity contribution in [1.82, 2.24) is 14.9 Å². The number of benzene rings is 1. The molecule has 2 fully saturated rings. The van der Waals surface area contributed by atoms with Gasteiger partial charge in [-0.25, -0.2) is 13.4 Å². The minimum absolute atomic E-state index is 0.138. The Balaban J connectivity index is 1.60. The van der Waals surface area contributed by atoms with Crippen LogP contribution in [-0.4, -0.2) is 57.1 Å². The summed E-state index contributed by atoms with van der Waals surface area (Å²) in [6, 6.07) is 7.10. The van der Waals surface area contributed by atoms with Crippen LogP contribution in [0.3, 0.4) is 0 Å². The molecule has 1 aromatic rings. The van der Waals surface area contributed by atoms with Crippen LogP contribution in [0.4, 0.5) is 0 Å². The van der Waals surface area contributed by atoms with Gasteiger partial charge in [-0.1, -0.05) is 18.6 Å². The predicted octanol–water partition coefficient (Wildman–Crippen LogP) is 2.49. The van der Waals surface area contributed by atoms with E-state index in [-0.39, 0.29) is 5.60 Å². The zero-order valence-corrected chi connectivity index (χ0v) is 18.4. The van der Waals surface area contributed by atoms with Crippen LogP contribution in [0, 0.1) is 0 Å². The second-order valence-electron chi connectivity index (χ2n) is 8.06. The molecular weight excluding hydrogens is 388 g/mol. The molecule has 2 saturated heterocycles. The van der Waals surface area contributed by atoms with Crippen molar-refractivity contribution in [3.8, 4) is 0 Å². The third-order valence-electron chi connectivity index (χ3n) is 5.57. The molecule has 2 heterocycles. The number of piperidine rings is 1. The molecule has 1 atom stereocenters. The van der Waals surface area contributed by atoms with Crippen LogP contribution in [-0.2, 0) is 21.3 Å². The summed E-state index contributed by atoms with van der Waals surface area (Å²) in [5.41, 5.74) is 0.837. The number of sulfonamides is 1. The van der Waals surface area contributed by atoms with Gasteiger partial charge in [0.25, 0.3) is 0 Å². The van der Waals surface area contributed by atoms with Crippen LogP contribution in [0.25, 0.3) is 0 Å². The van der Waals surface area contributed by atoms with Crippen molar-refractivity contribution in [3.05, 3.63) is 29.8 Å². The van der Waals surface area contributed by atoms with Crippen LogP contribution in [0.5, 0.6) is 0 Å². The van der Waals surface area contributed by atoms with E-state index in [4.69, 9.17) is 4.74 Å². The highest BCUT2D eigenvalue weighted by molar-refractivity contribution is 7.89.